The number of anilines is 2. The molecule has 1 aromatic heterocycles. The summed E-state index contributed by atoms with van der Waals surface area (Å²) in [5.41, 5.74) is 5.78. The maximum Gasteiger partial charge on any atom is 0.157 e. The van der Waals surface area contributed by atoms with Gasteiger partial charge in [-0.15, -0.1) is 0 Å². The van der Waals surface area contributed by atoms with Crippen LogP contribution >= 0.6 is 11.6 Å². The molecule has 1 aromatic rings. The monoisotopic (exact) mass is 232 g/mol. The van der Waals surface area contributed by atoms with E-state index in [2.05, 4.69) is 15.3 Å². The number of hydrogen-bond acceptors (Lipinski definition) is 6. The molecule has 0 spiro atoms. The third kappa shape index (κ3) is 3.50. The molecular weight excluding hydrogens is 220 g/mol. The van der Waals surface area contributed by atoms with Crippen LogP contribution in [0.1, 0.15) is 12.8 Å². The van der Waals surface area contributed by atoms with Crippen LogP contribution in [0.2, 0.25) is 5.15 Å². The number of nitrogen functional groups attached to an aromatic ring is 1. The third-order valence-corrected chi connectivity index (χ3v) is 2.08. The lowest BCUT2D eigenvalue weighted by Crippen LogP contribution is -2.20. The van der Waals surface area contributed by atoms with Gasteiger partial charge >= 0.3 is 0 Å². The Hall–Kier alpha value is -1.11. The van der Waals surface area contributed by atoms with Crippen LogP contribution in [-0.4, -0.2) is 33.0 Å². The first kappa shape index (κ1) is 12.0. The van der Waals surface area contributed by atoms with Crippen molar-refractivity contribution in [3.63, 3.8) is 0 Å². The van der Waals surface area contributed by atoms with Crippen molar-refractivity contribution in [2.75, 3.05) is 17.7 Å². The number of halogens is 1. The van der Waals surface area contributed by atoms with Gasteiger partial charge in [0.25, 0.3) is 0 Å². The summed E-state index contributed by atoms with van der Waals surface area (Å²) >= 11 is 5.66. The molecule has 84 valence electrons. The van der Waals surface area contributed by atoms with E-state index in [1.54, 1.807) is 0 Å². The minimum atomic E-state index is -0.814. The van der Waals surface area contributed by atoms with Gasteiger partial charge in [0, 0.05) is 6.61 Å². The molecule has 15 heavy (non-hydrogen) atoms. The van der Waals surface area contributed by atoms with E-state index in [1.165, 1.54) is 6.33 Å². The highest BCUT2D eigenvalue weighted by atomic mass is 35.5. The summed E-state index contributed by atoms with van der Waals surface area (Å²) in [4.78, 5) is 7.51. The second kappa shape index (κ2) is 5.69. The Bertz CT molecular complexity index is 324. The first-order chi connectivity index (χ1) is 7.15. The Balaban J connectivity index is 2.60. The van der Waals surface area contributed by atoms with Crippen LogP contribution in [0.15, 0.2) is 6.33 Å². The summed E-state index contributed by atoms with van der Waals surface area (Å²) in [6.07, 6.45) is 1.33. The minimum absolute atomic E-state index is 0.0265. The molecule has 0 radical (unpaired) electrons. The standard InChI is InChI=1S/C8H13ClN4O2/c9-7-6(10)8(12-4-11-7)13-5(15)2-1-3-14/h4-5,14-15H,1-3,10H2,(H,11,12,13). The number of aliphatic hydroxyl groups excluding tert-OH is 2. The van der Waals surface area contributed by atoms with Crippen molar-refractivity contribution in [2.24, 2.45) is 0 Å². The van der Waals surface area contributed by atoms with Gasteiger partial charge in [0.2, 0.25) is 0 Å². The van der Waals surface area contributed by atoms with Crippen LogP contribution < -0.4 is 11.1 Å². The van der Waals surface area contributed by atoms with E-state index in [4.69, 9.17) is 22.4 Å². The largest absolute Gasteiger partial charge is 0.396 e. The first-order valence-corrected chi connectivity index (χ1v) is 4.84. The summed E-state index contributed by atoms with van der Waals surface area (Å²) in [5.74, 6) is 0.292. The maximum atomic E-state index is 9.47. The lowest BCUT2D eigenvalue weighted by molar-refractivity contribution is 0.174. The normalized spacial score (nSPS) is 12.5. The Morgan fingerprint density at radius 3 is 2.93 bits per heavy atom. The molecule has 0 amide bonds. The van der Waals surface area contributed by atoms with Gasteiger partial charge in [0.1, 0.15) is 18.2 Å². The summed E-state index contributed by atoms with van der Waals surface area (Å²) in [7, 11) is 0. The molecule has 1 atom stereocenters. The second-order valence-electron chi connectivity index (χ2n) is 2.95. The molecular formula is C8H13ClN4O2. The highest BCUT2D eigenvalue weighted by molar-refractivity contribution is 6.32. The number of nitrogens with zero attached hydrogens (tertiary/aromatic N) is 2. The van der Waals surface area contributed by atoms with Gasteiger partial charge in [-0.3, -0.25) is 0 Å². The van der Waals surface area contributed by atoms with E-state index in [0.29, 0.717) is 18.7 Å². The maximum absolute atomic E-state index is 9.47. The fraction of sp³-hybridized carbons (Fsp3) is 0.500. The van der Waals surface area contributed by atoms with Crippen molar-refractivity contribution in [2.45, 2.75) is 19.1 Å². The number of rotatable bonds is 5. The molecule has 0 saturated carbocycles. The van der Waals surface area contributed by atoms with E-state index in [9.17, 15) is 5.11 Å². The molecule has 6 nitrogen and oxygen atoms in total. The molecule has 0 bridgehead atoms. The average molecular weight is 233 g/mol. The fourth-order valence-corrected chi connectivity index (χ4v) is 1.14. The summed E-state index contributed by atoms with van der Waals surface area (Å²) in [6.45, 7) is 0.0265. The Morgan fingerprint density at radius 2 is 2.27 bits per heavy atom. The third-order valence-electron chi connectivity index (χ3n) is 1.77. The molecule has 0 fully saturated rings. The summed E-state index contributed by atoms with van der Waals surface area (Å²) < 4.78 is 0. The molecule has 1 heterocycles. The first-order valence-electron chi connectivity index (χ1n) is 4.46. The zero-order valence-corrected chi connectivity index (χ0v) is 8.78. The van der Waals surface area contributed by atoms with Crippen LogP contribution in [0.3, 0.4) is 0 Å². The predicted molar refractivity (Wildman–Crippen MR) is 57.4 cm³/mol. The van der Waals surface area contributed by atoms with Crippen LogP contribution in [0.4, 0.5) is 11.5 Å². The van der Waals surface area contributed by atoms with Crippen molar-refractivity contribution in [1.29, 1.82) is 0 Å². The smallest absolute Gasteiger partial charge is 0.157 e. The highest BCUT2D eigenvalue weighted by Gasteiger charge is 2.09. The highest BCUT2D eigenvalue weighted by Crippen LogP contribution is 2.22. The molecule has 0 saturated heterocycles. The fourth-order valence-electron chi connectivity index (χ4n) is 1.00. The van der Waals surface area contributed by atoms with E-state index in [-0.39, 0.29) is 17.4 Å². The molecule has 0 aliphatic carbocycles. The van der Waals surface area contributed by atoms with Crippen molar-refractivity contribution in [3.05, 3.63) is 11.5 Å². The number of aromatic nitrogens is 2. The van der Waals surface area contributed by atoms with Gasteiger partial charge in [-0.05, 0) is 12.8 Å². The molecule has 0 aliphatic heterocycles. The number of hydrogen-bond donors (Lipinski definition) is 4. The number of aliphatic hydroxyl groups is 2. The minimum Gasteiger partial charge on any atom is -0.396 e. The van der Waals surface area contributed by atoms with Gasteiger partial charge in [-0.2, -0.15) is 0 Å². The quantitative estimate of drug-likeness (QED) is 0.428. The Labute approximate surface area is 92.1 Å². The van der Waals surface area contributed by atoms with Gasteiger partial charge in [0.05, 0.1) is 0 Å². The molecule has 1 rings (SSSR count). The van der Waals surface area contributed by atoms with Gasteiger partial charge in [0.15, 0.2) is 11.0 Å². The SMILES string of the molecule is Nc1c(Cl)ncnc1NC(O)CCCO. The lowest BCUT2D eigenvalue weighted by Gasteiger charge is -2.14. The van der Waals surface area contributed by atoms with Crippen LogP contribution in [0, 0.1) is 0 Å². The van der Waals surface area contributed by atoms with E-state index < -0.39 is 6.23 Å². The van der Waals surface area contributed by atoms with Crippen molar-refractivity contribution in [1.82, 2.24) is 9.97 Å². The van der Waals surface area contributed by atoms with Crippen LogP contribution in [0.25, 0.3) is 0 Å². The topological polar surface area (TPSA) is 104 Å². The second-order valence-corrected chi connectivity index (χ2v) is 3.31. The zero-order chi connectivity index (χ0) is 11.3. The molecule has 0 aromatic carbocycles. The zero-order valence-electron chi connectivity index (χ0n) is 8.02. The Kier molecular flexibility index (Phi) is 4.54. The van der Waals surface area contributed by atoms with Crippen molar-refractivity contribution in [3.8, 4) is 0 Å². The number of nitrogens with one attached hydrogen (secondary N) is 1. The summed E-state index contributed by atoms with van der Waals surface area (Å²) in [5, 5.41) is 20.8. The molecule has 5 N–H and O–H groups in total. The molecule has 0 aliphatic rings. The predicted octanol–water partition coefficient (Wildman–Crippen LogP) is 0.215. The van der Waals surface area contributed by atoms with Crippen LogP contribution in [-0.2, 0) is 0 Å². The van der Waals surface area contributed by atoms with Gasteiger partial charge in [-0.25, -0.2) is 9.97 Å². The van der Waals surface area contributed by atoms with E-state index in [1.807, 2.05) is 0 Å². The lowest BCUT2D eigenvalue weighted by atomic mass is 10.3. The van der Waals surface area contributed by atoms with Gasteiger partial charge < -0.3 is 21.3 Å². The number of nitrogens with two attached hydrogens (primary N) is 1. The van der Waals surface area contributed by atoms with Crippen LogP contribution in [0.5, 0.6) is 0 Å². The van der Waals surface area contributed by atoms with Gasteiger partial charge in [-0.1, -0.05) is 11.6 Å². The van der Waals surface area contributed by atoms with Crippen molar-refractivity contribution < 1.29 is 10.2 Å². The average Bonchev–Trinajstić information content (AvgIpc) is 2.22. The molecule has 7 heteroatoms. The summed E-state index contributed by atoms with van der Waals surface area (Å²) in [6, 6.07) is 0. The van der Waals surface area contributed by atoms with E-state index in [0.717, 1.165) is 0 Å². The Morgan fingerprint density at radius 1 is 1.53 bits per heavy atom. The van der Waals surface area contributed by atoms with E-state index >= 15 is 0 Å². The molecule has 1 unspecified atom stereocenters. The van der Waals surface area contributed by atoms with Crippen molar-refractivity contribution >= 4 is 23.1 Å².